The summed E-state index contributed by atoms with van der Waals surface area (Å²) in [6.07, 6.45) is 6.23. The fourth-order valence-electron chi connectivity index (χ4n) is 2.46. The molecule has 4 nitrogen and oxygen atoms in total. The molecule has 1 atom stereocenters. The van der Waals surface area contributed by atoms with E-state index in [1.807, 2.05) is 32.3 Å². The monoisotopic (exact) mass is 305 g/mol. The van der Waals surface area contributed by atoms with Gasteiger partial charge in [-0.1, -0.05) is 24.0 Å². The highest BCUT2D eigenvalue weighted by Crippen LogP contribution is 2.32. The topological polar surface area (TPSA) is 49.0 Å². The van der Waals surface area contributed by atoms with Gasteiger partial charge in [0.2, 0.25) is 5.91 Å². The van der Waals surface area contributed by atoms with Gasteiger partial charge in [-0.15, -0.1) is 0 Å². The largest absolute Gasteiger partial charge is 0.361 e. The normalized spacial score (nSPS) is 19.6. The zero-order valence-corrected chi connectivity index (χ0v) is 12.9. The maximum Gasteiger partial charge on any atom is 0.242 e. The number of H-pyrrole nitrogens is 1. The lowest BCUT2D eigenvalue weighted by Crippen LogP contribution is -2.37. The molecule has 1 fully saturated rings. The number of carbonyl (C=O) groups is 1. The number of hydrogen-bond acceptors (Lipinski definition) is 4. The minimum Gasteiger partial charge on any atom is -0.361 e. The number of thiocarbonyl (C=S) groups is 1. The second kappa shape index (κ2) is 5.18. The Hall–Kier alpha value is -1.40. The van der Waals surface area contributed by atoms with Crippen LogP contribution < -0.4 is 0 Å². The number of thioether (sulfide) groups is 1. The van der Waals surface area contributed by atoms with Gasteiger partial charge in [0, 0.05) is 35.5 Å². The van der Waals surface area contributed by atoms with Gasteiger partial charge in [0.25, 0.3) is 0 Å². The van der Waals surface area contributed by atoms with E-state index >= 15 is 0 Å². The molecule has 1 unspecified atom stereocenters. The highest BCUT2D eigenvalue weighted by Gasteiger charge is 2.38. The molecule has 104 valence electrons. The molecule has 1 amide bonds. The average molecular weight is 305 g/mol. The molecular weight excluding hydrogens is 290 g/mol. The zero-order chi connectivity index (χ0) is 14.3. The van der Waals surface area contributed by atoms with Crippen molar-refractivity contribution >= 4 is 45.1 Å². The van der Waals surface area contributed by atoms with Crippen molar-refractivity contribution in [3.63, 3.8) is 0 Å². The third-order valence-corrected chi connectivity index (χ3v) is 4.98. The molecule has 0 radical (unpaired) electrons. The molecular formula is C14H15N3OS2. The fraction of sp³-hybridized carbons (Fsp3) is 0.357. The van der Waals surface area contributed by atoms with Gasteiger partial charge in [0.15, 0.2) is 0 Å². The van der Waals surface area contributed by atoms with E-state index in [1.54, 1.807) is 11.1 Å². The number of rotatable bonds is 3. The minimum absolute atomic E-state index is 0.119. The Labute approximate surface area is 126 Å². The second-order valence-electron chi connectivity index (χ2n) is 5.11. The first-order valence-electron chi connectivity index (χ1n) is 6.51. The van der Waals surface area contributed by atoms with Crippen LogP contribution in [0, 0.1) is 0 Å². The molecule has 0 spiro atoms. The molecule has 1 N–H and O–H groups in total. The lowest BCUT2D eigenvalue weighted by Gasteiger charge is -2.19. The Morgan fingerprint density at radius 1 is 1.55 bits per heavy atom. The number of carbonyl (C=O) groups excluding carboxylic acids is 1. The highest BCUT2D eigenvalue weighted by atomic mass is 32.2. The van der Waals surface area contributed by atoms with Crippen molar-refractivity contribution in [3.8, 4) is 0 Å². The molecule has 2 aromatic heterocycles. The fourth-order valence-corrected chi connectivity index (χ4v) is 4.24. The van der Waals surface area contributed by atoms with Crippen LogP contribution >= 0.6 is 24.0 Å². The smallest absolute Gasteiger partial charge is 0.242 e. The van der Waals surface area contributed by atoms with E-state index in [2.05, 4.69) is 9.97 Å². The third-order valence-electron chi connectivity index (χ3n) is 3.44. The Morgan fingerprint density at radius 2 is 2.35 bits per heavy atom. The van der Waals surface area contributed by atoms with Crippen LogP contribution in [0.4, 0.5) is 0 Å². The molecule has 0 bridgehead atoms. The van der Waals surface area contributed by atoms with Gasteiger partial charge in [-0.05, 0) is 31.9 Å². The van der Waals surface area contributed by atoms with E-state index in [0.29, 0.717) is 10.7 Å². The van der Waals surface area contributed by atoms with Crippen molar-refractivity contribution in [3.05, 3.63) is 30.2 Å². The summed E-state index contributed by atoms with van der Waals surface area (Å²) in [7, 11) is 0. The molecule has 0 aliphatic carbocycles. The van der Waals surface area contributed by atoms with Crippen LogP contribution in [0.5, 0.6) is 0 Å². The van der Waals surface area contributed by atoms with Crippen molar-refractivity contribution < 1.29 is 4.79 Å². The van der Waals surface area contributed by atoms with E-state index in [0.717, 1.165) is 16.5 Å². The summed E-state index contributed by atoms with van der Waals surface area (Å²) >= 11 is 6.80. The van der Waals surface area contributed by atoms with Crippen LogP contribution in [0.25, 0.3) is 10.9 Å². The summed E-state index contributed by atoms with van der Waals surface area (Å²) in [4.78, 5) is 21.5. The molecule has 0 saturated carbocycles. The standard InChI is InChI=1S/C14H15N3OS2/c1-8(2)17-13(18)12(20-14(17)19)5-9-6-16-11-3-4-15-7-10(9)11/h3-4,6-8,12,16H,5H2,1-2H3. The first-order chi connectivity index (χ1) is 9.58. The summed E-state index contributed by atoms with van der Waals surface area (Å²) in [5.41, 5.74) is 2.17. The highest BCUT2D eigenvalue weighted by molar-refractivity contribution is 8.24. The van der Waals surface area contributed by atoms with Gasteiger partial charge in [-0.3, -0.25) is 14.7 Å². The second-order valence-corrected chi connectivity index (χ2v) is 6.95. The van der Waals surface area contributed by atoms with Gasteiger partial charge >= 0.3 is 0 Å². The van der Waals surface area contributed by atoms with E-state index in [4.69, 9.17) is 12.2 Å². The van der Waals surface area contributed by atoms with Crippen LogP contribution in [0.1, 0.15) is 19.4 Å². The number of pyridine rings is 1. The van der Waals surface area contributed by atoms with E-state index in [1.165, 1.54) is 11.8 Å². The predicted molar refractivity (Wildman–Crippen MR) is 85.8 cm³/mol. The molecule has 1 aliphatic heterocycles. The van der Waals surface area contributed by atoms with Crippen LogP contribution in [0.2, 0.25) is 0 Å². The van der Waals surface area contributed by atoms with Crippen molar-refractivity contribution in [1.29, 1.82) is 0 Å². The molecule has 1 saturated heterocycles. The maximum atomic E-state index is 12.4. The first kappa shape index (κ1) is 13.6. The Balaban J connectivity index is 1.85. The van der Waals surface area contributed by atoms with Crippen molar-refractivity contribution in [1.82, 2.24) is 14.9 Å². The third kappa shape index (κ3) is 2.23. The molecule has 6 heteroatoms. The Kier molecular flexibility index (Phi) is 3.52. The first-order valence-corrected chi connectivity index (χ1v) is 7.80. The number of nitrogens with one attached hydrogen (secondary N) is 1. The molecule has 3 rings (SSSR count). The van der Waals surface area contributed by atoms with Crippen LogP contribution in [0.15, 0.2) is 24.7 Å². The van der Waals surface area contributed by atoms with Gasteiger partial charge < -0.3 is 4.98 Å². The molecule has 20 heavy (non-hydrogen) atoms. The van der Waals surface area contributed by atoms with Crippen molar-refractivity contribution in [2.24, 2.45) is 0 Å². The summed E-state index contributed by atoms with van der Waals surface area (Å²) in [5.74, 6) is 0.119. The van der Waals surface area contributed by atoms with Crippen LogP contribution in [0.3, 0.4) is 0 Å². The lowest BCUT2D eigenvalue weighted by atomic mass is 10.1. The SMILES string of the molecule is CC(C)N1C(=O)C(Cc2c[nH]c3ccncc23)SC1=S. The van der Waals surface area contributed by atoms with Gasteiger partial charge in [0.1, 0.15) is 4.32 Å². The predicted octanol–water partition coefficient (Wildman–Crippen LogP) is 2.74. The number of aromatic amines is 1. The molecule has 2 aromatic rings. The quantitative estimate of drug-likeness (QED) is 0.886. The lowest BCUT2D eigenvalue weighted by molar-refractivity contribution is -0.127. The average Bonchev–Trinajstić information content (AvgIpc) is 2.93. The molecule has 0 aromatic carbocycles. The van der Waals surface area contributed by atoms with E-state index < -0.39 is 0 Å². The minimum atomic E-state index is -0.121. The zero-order valence-electron chi connectivity index (χ0n) is 11.3. The summed E-state index contributed by atoms with van der Waals surface area (Å²) in [6.45, 7) is 3.98. The van der Waals surface area contributed by atoms with Gasteiger partial charge in [-0.2, -0.15) is 0 Å². The van der Waals surface area contributed by atoms with E-state index in [-0.39, 0.29) is 17.2 Å². The maximum absolute atomic E-state index is 12.4. The van der Waals surface area contributed by atoms with Crippen LogP contribution in [-0.4, -0.2) is 36.4 Å². The molecule has 1 aliphatic rings. The summed E-state index contributed by atoms with van der Waals surface area (Å²) in [5, 5.41) is 0.957. The Morgan fingerprint density at radius 3 is 3.05 bits per heavy atom. The van der Waals surface area contributed by atoms with E-state index in [9.17, 15) is 4.79 Å². The van der Waals surface area contributed by atoms with Gasteiger partial charge in [-0.25, -0.2) is 0 Å². The summed E-state index contributed by atoms with van der Waals surface area (Å²) < 4.78 is 0.688. The van der Waals surface area contributed by atoms with Crippen LogP contribution in [-0.2, 0) is 11.2 Å². The number of amides is 1. The van der Waals surface area contributed by atoms with Crippen molar-refractivity contribution in [2.75, 3.05) is 0 Å². The summed E-state index contributed by atoms with van der Waals surface area (Å²) in [6, 6.07) is 2.06. The molecule has 3 heterocycles. The number of nitrogens with zero attached hydrogens (tertiary/aromatic N) is 2. The number of aromatic nitrogens is 2. The Bertz CT molecular complexity index is 680. The number of fused-ring (bicyclic) bond motifs is 1. The van der Waals surface area contributed by atoms with Crippen molar-refractivity contribution in [2.45, 2.75) is 31.6 Å². The van der Waals surface area contributed by atoms with Gasteiger partial charge in [0.05, 0.1) is 5.25 Å². The number of hydrogen-bond donors (Lipinski definition) is 1.